The smallest absolute Gasteiger partial charge is 0.254 e. The van der Waals surface area contributed by atoms with Crippen LogP contribution in [0.25, 0.3) is 0 Å². The molecule has 1 amide bonds. The number of amides is 1. The van der Waals surface area contributed by atoms with Crippen molar-refractivity contribution in [2.75, 3.05) is 6.54 Å². The molecule has 1 aliphatic heterocycles. The van der Waals surface area contributed by atoms with E-state index in [0.717, 1.165) is 17.7 Å². The average Bonchev–Trinajstić information content (AvgIpc) is 2.79. The minimum Gasteiger partial charge on any atom is -0.340 e. The molecule has 92 valence electrons. The quantitative estimate of drug-likeness (QED) is 0.789. The van der Waals surface area contributed by atoms with Crippen LogP contribution in [-0.2, 0) is 11.8 Å². The molecule has 1 aliphatic rings. The van der Waals surface area contributed by atoms with E-state index in [0.29, 0.717) is 12.5 Å². The van der Waals surface area contributed by atoms with E-state index in [4.69, 9.17) is 0 Å². The normalized spacial score (nSPS) is 21.7. The van der Waals surface area contributed by atoms with Crippen molar-refractivity contribution < 1.29 is 4.79 Å². The highest BCUT2D eigenvalue weighted by atomic mass is 16.2. The van der Waals surface area contributed by atoms with E-state index in [1.165, 1.54) is 0 Å². The molecule has 0 saturated carbocycles. The van der Waals surface area contributed by atoms with Gasteiger partial charge in [0.05, 0.1) is 5.69 Å². The zero-order valence-corrected chi connectivity index (χ0v) is 10.3. The average molecular weight is 235 g/mol. The van der Waals surface area contributed by atoms with Crippen molar-refractivity contribution in [1.82, 2.24) is 20.4 Å². The van der Waals surface area contributed by atoms with Gasteiger partial charge in [0.2, 0.25) is 0 Å². The summed E-state index contributed by atoms with van der Waals surface area (Å²) in [7, 11) is 1.84. The van der Waals surface area contributed by atoms with Crippen LogP contribution in [0.5, 0.6) is 0 Å². The van der Waals surface area contributed by atoms with Crippen molar-refractivity contribution in [2.24, 2.45) is 12.0 Å². The Kier molecular flexibility index (Phi) is 3.12. The van der Waals surface area contributed by atoms with E-state index < -0.39 is 0 Å². The van der Waals surface area contributed by atoms with E-state index >= 15 is 0 Å². The zero-order valence-electron chi connectivity index (χ0n) is 10.3. The Morgan fingerprint density at radius 2 is 2.35 bits per heavy atom. The van der Waals surface area contributed by atoms with E-state index in [1.807, 2.05) is 27.1 Å². The molecule has 0 aliphatic carbocycles. The first-order chi connectivity index (χ1) is 8.11. The van der Waals surface area contributed by atoms with Crippen LogP contribution in [0.2, 0.25) is 0 Å². The van der Waals surface area contributed by atoms with Gasteiger partial charge in [-0.15, -0.1) is 0 Å². The first kappa shape index (κ1) is 11.6. The molecule has 2 heterocycles. The second-order valence-corrected chi connectivity index (χ2v) is 4.14. The maximum atomic E-state index is 11.8. The summed E-state index contributed by atoms with van der Waals surface area (Å²) in [5.74, 6) is 0.487. The third-order valence-electron chi connectivity index (χ3n) is 2.64. The summed E-state index contributed by atoms with van der Waals surface area (Å²) in [5, 5.41) is 10.1. The number of aryl methyl sites for hydroxylation is 2. The van der Waals surface area contributed by atoms with Crippen LogP contribution in [0, 0.1) is 6.92 Å². The van der Waals surface area contributed by atoms with E-state index in [9.17, 15) is 4.79 Å². The van der Waals surface area contributed by atoms with Crippen LogP contribution in [0.4, 0.5) is 0 Å². The van der Waals surface area contributed by atoms with Crippen LogP contribution in [0.3, 0.4) is 0 Å². The first-order valence-corrected chi connectivity index (χ1v) is 5.73. The number of hydrogen-bond acceptors (Lipinski definition) is 3. The monoisotopic (exact) mass is 235 g/mol. The summed E-state index contributed by atoms with van der Waals surface area (Å²) >= 11 is 0. The molecule has 1 atom stereocenters. The van der Waals surface area contributed by atoms with Crippen LogP contribution in [0.15, 0.2) is 11.2 Å². The number of aromatic nitrogens is 2. The van der Waals surface area contributed by atoms with Crippen LogP contribution < -0.4 is 10.6 Å². The topological polar surface area (TPSA) is 71.3 Å². The predicted octanol–water partition coefficient (Wildman–Crippen LogP) is 0.255. The van der Waals surface area contributed by atoms with Gasteiger partial charge in [-0.05, 0) is 13.3 Å². The number of nitrogens with zero attached hydrogens (tertiary/aromatic N) is 3. The summed E-state index contributed by atoms with van der Waals surface area (Å²) in [6.45, 7) is 4.65. The lowest BCUT2D eigenvalue weighted by Crippen LogP contribution is -2.25. The molecule has 1 fully saturated rings. The van der Waals surface area contributed by atoms with Gasteiger partial charge in [-0.1, -0.05) is 6.92 Å². The Labute approximate surface area is 100 Å². The molecular weight excluding hydrogens is 218 g/mol. The largest absolute Gasteiger partial charge is 0.340 e. The number of hydrogen-bond donors (Lipinski definition) is 2. The molecule has 2 N–H and O–H groups in total. The molecule has 1 aromatic heterocycles. The van der Waals surface area contributed by atoms with Crippen LogP contribution >= 0.6 is 0 Å². The highest BCUT2D eigenvalue weighted by Crippen LogP contribution is 2.19. The first-order valence-electron chi connectivity index (χ1n) is 5.73. The highest BCUT2D eigenvalue weighted by molar-refractivity contribution is 6.06. The number of rotatable bonds is 3. The lowest BCUT2D eigenvalue weighted by molar-refractivity contribution is -0.120. The van der Waals surface area contributed by atoms with Crippen LogP contribution in [-0.4, -0.2) is 28.2 Å². The van der Waals surface area contributed by atoms with Gasteiger partial charge >= 0.3 is 0 Å². The Hall–Kier alpha value is -1.85. The second-order valence-electron chi connectivity index (χ2n) is 4.14. The fraction of sp³-hybridized carbons (Fsp3) is 0.545. The molecule has 0 spiro atoms. The number of carbonyl (C=O) groups is 1. The molecular formula is C11H17N5O. The molecule has 17 heavy (non-hydrogen) atoms. The number of carbonyl (C=O) groups excluding carboxylic acids is 1. The fourth-order valence-corrected chi connectivity index (χ4v) is 1.86. The summed E-state index contributed by atoms with van der Waals surface area (Å²) < 4.78 is 1.71. The lowest BCUT2D eigenvalue weighted by Gasteiger charge is -2.05. The van der Waals surface area contributed by atoms with Gasteiger partial charge in [0, 0.05) is 25.4 Å². The number of guanidine groups is 1. The minimum absolute atomic E-state index is 0.0732. The summed E-state index contributed by atoms with van der Waals surface area (Å²) in [6, 6.07) is -0.376. The van der Waals surface area contributed by atoms with Crippen molar-refractivity contribution in [2.45, 2.75) is 26.3 Å². The Bertz CT molecular complexity index is 462. The number of aliphatic imine (C=N–C) groups is 1. The maximum Gasteiger partial charge on any atom is 0.254 e. The Balaban J connectivity index is 2.18. The fourth-order valence-electron chi connectivity index (χ4n) is 1.86. The molecule has 0 aromatic carbocycles. The maximum absolute atomic E-state index is 11.8. The minimum atomic E-state index is -0.376. The Morgan fingerprint density at radius 3 is 2.94 bits per heavy atom. The molecule has 0 bridgehead atoms. The van der Waals surface area contributed by atoms with Crippen molar-refractivity contribution in [3.63, 3.8) is 0 Å². The number of nitrogens with one attached hydrogen (secondary N) is 2. The summed E-state index contributed by atoms with van der Waals surface area (Å²) in [5.41, 5.74) is 1.75. The molecule has 1 aromatic rings. The third-order valence-corrected chi connectivity index (χ3v) is 2.64. The molecule has 1 unspecified atom stereocenters. The van der Waals surface area contributed by atoms with E-state index in [-0.39, 0.29) is 11.9 Å². The van der Waals surface area contributed by atoms with Gasteiger partial charge in [0.15, 0.2) is 5.96 Å². The molecule has 6 nitrogen and oxygen atoms in total. The van der Waals surface area contributed by atoms with Gasteiger partial charge in [-0.2, -0.15) is 5.10 Å². The van der Waals surface area contributed by atoms with Crippen molar-refractivity contribution >= 4 is 11.9 Å². The summed E-state index contributed by atoms with van der Waals surface area (Å²) in [6.07, 6.45) is 2.81. The standard InChI is InChI=1S/C11H17N5O/c1-4-5-12-11-13-9(10(17)14-11)8-6-16(3)15-7(8)2/h6,9H,4-5H2,1-3H3,(H2,12,13,14,17). The summed E-state index contributed by atoms with van der Waals surface area (Å²) in [4.78, 5) is 16.1. The van der Waals surface area contributed by atoms with Gasteiger partial charge in [-0.25, -0.2) is 0 Å². The van der Waals surface area contributed by atoms with Crippen LogP contribution in [0.1, 0.15) is 30.6 Å². The lowest BCUT2D eigenvalue weighted by atomic mass is 10.1. The zero-order chi connectivity index (χ0) is 12.4. The SMILES string of the molecule is CCCN=C1NC(=O)C(c2cn(C)nc2C)N1. The molecule has 6 heteroatoms. The molecule has 2 rings (SSSR count). The van der Waals surface area contributed by atoms with Crippen molar-refractivity contribution in [3.05, 3.63) is 17.5 Å². The molecule has 0 radical (unpaired) electrons. The van der Waals surface area contributed by atoms with Gasteiger partial charge in [-0.3, -0.25) is 19.8 Å². The van der Waals surface area contributed by atoms with Gasteiger partial charge < -0.3 is 5.32 Å². The third kappa shape index (κ3) is 2.30. The van der Waals surface area contributed by atoms with Gasteiger partial charge in [0.25, 0.3) is 5.91 Å². The predicted molar refractivity (Wildman–Crippen MR) is 64.6 cm³/mol. The second kappa shape index (κ2) is 4.57. The van der Waals surface area contributed by atoms with Crippen molar-refractivity contribution in [3.8, 4) is 0 Å². The Morgan fingerprint density at radius 1 is 1.59 bits per heavy atom. The van der Waals surface area contributed by atoms with Crippen molar-refractivity contribution in [1.29, 1.82) is 0 Å². The molecule has 1 saturated heterocycles. The van der Waals surface area contributed by atoms with E-state index in [2.05, 4.69) is 20.7 Å². The highest BCUT2D eigenvalue weighted by Gasteiger charge is 2.31. The van der Waals surface area contributed by atoms with Gasteiger partial charge in [0.1, 0.15) is 6.04 Å². The van der Waals surface area contributed by atoms with E-state index in [1.54, 1.807) is 4.68 Å².